The predicted octanol–water partition coefficient (Wildman–Crippen LogP) is 6.13. The van der Waals surface area contributed by atoms with Gasteiger partial charge in [-0.1, -0.05) is 11.6 Å². The van der Waals surface area contributed by atoms with Crippen molar-refractivity contribution in [1.82, 2.24) is 29.5 Å². The lowest BCUT2D eigenvalue weighted by molar-refractivity contribution is 0.0252. The van der Waals surface area contributed by atoms with Crippen molar-refractivity contribution >= 4 is 29.0 Å². The summed E-state index contributed by atoms with van der Waals surface area (Å²) in [7, 11) is 5.08. The molecule has 268 valence electrons. The van der Waals surface area contributed by atoms with E-state index in [1.165, 1.54) is 12.8 Å². The highest BCUT2D eigenvalue weighted by Crippen LogP contribution is 2.49. The highest BCUT2D eigenvalue weighted by Gasteiger charge is 2.42. The van der Waals surface area contributed by atoms with Gasteiger partial charge in [0.25, 0.3) is 5.91 Å². The number of aryl methyl sites for hydroxylation is 1. The van der Waals surface area contributed by atoms with Gasteiger partial charge in [-0.25, -0.2) is 4.39 Å². The molecule has 50 heavy (non-hydrogen) atoms. The summed E-state index contributed by atoms with van der Waals surface area (Å²) in [5, 5.41) is 5.38. The molecule has 1 saturated carbocycles. The van der Waals surface area contributed by atoms with Gasteiger partial charge >= 0.3 is 6.01 Å². The van der Waals surface area contributed by atoms with Crippen LogP contribution < -0.4 is 15.4 Å². The number of halogens is 2. The number of nitrogens with two attached hydrogens (primary N) is 1. The number of nitrogen functional groups attached to an aromatic ring is 1. The van der Waals surface area contributed by atoms with Crippen LogP contribution in [0.4, 0.5) is 15.9 Å². The van der Waals surface area contributed by atoms with Gasteiger partial charge in [0.05, 0.1) is 44.1 Å². The number of ether oxygens (including phenoxy) is 2. The molecular formula is C37H48ClFN8O3. The van der Waals surface area contributed by atoms with Crippen molar-refractivity contribution in [1.29, 1.82) is 0 Å². The molecule has 1 aromatic carbocycles. The average Bonchev–Trinajstić information content (AvgIpc) is 3.76. The molecular weight excluding hydrogens is 659 g/mol. The third-order valence-corrected chi connectivity index (χ3v) is 11.3. The molecule has 3 fully saturated rings. The second kappa shape index (κ2) is 13.8. The zero-order valence-electron chi connectivity index (χ0n) is 29.8. The minimum absolute atomic E-state index is 0.0904. The first-order chi connectivity index (χ1) is 24.0. The Balaban J connectivity index is 0.000000302. The molecule has 0 bridgehead atoms. The molecule has 2 saturated heterocycles. The molecule has 6 heterocycles. The van der Waals surface area contributed by atoms with E-state index in [9.17, 15) is 9.18 Å². The molecule has 4 aliphatic heterocycles. The van der Waals surface area contributed by atoms with Crippen molar-refractivity contribution < 1.29 is 18.7 Å². The van der Waals surface area contributed by atoms with E-state index in [4.69, 9.17) is 36.8 Å². The number of methoxy groups -OCH3 is 1. The number of rotatable bonds is 5. The van der Waals surface area contributed by atoms with Gasteiger partial charge in [-0.3, -0.25) is 14.4 Å². The maximum Gasteiger partial charge on any atom is 0.318 e. The molecule has 1 amide bonds. The van der Waals surface area contributed by atoms with Crippen LogP contribution in [0.1, 0.15) is 102 Å². The van der Waals surface area contributed by atoms with Crippen LogP contribution in [0.15, 0.2) is 24.0 Å². The second-order valence-electron chi connectivity index (χ2n) is 14.8. The lowest BCUT2D eigenvalue weighted by Gasteiger charge is -2.31. The Hall–Kier alpha value is -3.74. The smallest absolute Gasteiger partial charge is 0.318 e. The molecule has 2 atom stereocenters. The van der Waals surface area contributed by atoms with Crippen LogP contribution in [0.2, 0.25) is 5.02 Å². The van der Waals surface area contributed by atoms with Crippen molar-refractivity contribution in [2.75, 3.05) is 51.5 Å². The van der Waals surface area contributed by atoms with E-state index in [1.54, 1.807) is 26.1 Å². The van der Waals surface area contributed by atoms with Gasteiger partial charge in [-0.2, -0.15) is 15.1 Å². The first-order valence-electron chi connectivity index (χ1n) is 17.7. The monoisotopic (exact) mass is 706 g/mol. The second-order valence-corrected chi connectivity index (χ2v) is 15.2. The van der Waals surface area contributed by atoms with Crippen LogP contribution in [0.3, 0.4) is 0 Å². The van der Waals surface area contributed by atoms with Crippen LogP contribution in [-0.4, -0.2) is 81.8 Å². The molecule has 13 heteroatoms. The van der Waals surface area contributed by atoms with E-state index >= 15 is 0 Å². The number of aromatic nitrogens is 4. The number of amides is 1. The van der Waals surface area contributed by atoms with Crippen LogP contribution in [0.25, 0.3) is 0 Å². The molecule has 5 aliphatic rings. The molecule has 0 spiro atoms. The molecule has 1 aliphatic carbocycles. The molecule has 0 radical (unpaired) electrons. The molecule has 2 N–H and O–H groups in total. The van der Waals surface area contributed by atoms with Gasteiger partial charge in [0.1, 0.15) is 5.82 Å². The van der Waals surface area contributed by atoms with E-state index in [-0.39, 0.29) is 12.0 Å². The lowest BCUT2D eigenvalue weighted by Crippen LogP contribution is -2.34. The van der Waals surface area contributed by atoms with Gasteiger partial charge in [0.15, 0.2) is 5.69 Å². The van der Waals surface area contributed by atoms with Crippen molar-refractivity contribution in [3.63, 3.8) is 0 Å². The van der Waals surface area contributed by atoms with E-state index in [0.717, 1.165) is 103 Å². The van der Waals surface area contributed by atoms with E-state index in [0.29, 0.717) is 53.4 Å². The predicted molar refractivity (Wildman–Crippen MR) is 191 cm³/mol. The van der Waals surface area contributed by atoms with Gasteiger partial charge in [0.2, 0.25) is 0 Å². The Kier molecular flexibility index (Phi) is 9.55. The summed E-state index contributed by atoms with van der Waals surface area (Å²) in [5.74, 6) is 1.17. The number of hydrogen-bond acceptors (Lipinski definition) is 9. The fourth-order valence-corrected chi connectivity index (χ4v) is 8.55. The molecule has 8 rings (SSSR count). The first kappa shape index (κ1) is 34.7. The summed E-state index contributed by atoms with van der Waals surface area (Å²) in [5.41, 5.74) is 14.6. The fourth-order valence-electron chi connectivity index (χ4n) is 8.16. The summed E-state index contributed by atoms with van der Waals surface area (Å²) in [6, 6.07) is 4.16. The largest absolute Gasteiger partial charge is 0.467 e. The maximum absolute atomic E-state index is 12.7. The number of nitrogens with zero attached hydrogens (tertiary/aromatic N) is 7. The summed E-state index contributed by atoms with van der Waals surface area (Å²) in [6.45, 7) is 8.71. The first-order valence-corrected chi connectivity index (χ1v) is 18.1. The Bertz CT molecular complexity index is 1820. The topological polar surface area (TPSA) is 115 Å². The summed E-state index contributed by atoms with van der Waals surface area (Å²) < 4.78 is 26.2. The Morgan fingerprint density at radius 3 is 2.68 bits per heavy atom. The van der Waals surface area contributed by atoms with E-state index < -0.39 is 0 Å². The summed E-state index contributed by atoms with van der Waals surface area (Å²) >= 11 is 6.65. The maximum atomic E-state index is 12.7. The third kappa shape index (κ3) is 6.57. The SMILES string of the molecule is CC12CCCN1C/C(=C\F)C2.COc1nc2c(c(N3CCCn4nc(C(=O)N(C)C)c(C)c4C3)n1)COC(c1cc(N)cc(Cl)c1C1CC1)C2. The zero-order valence-corrected chi connectivity index (χ0v) is 30.5. The van der Waals surface area contributed by atoms with Crippen LogP contribution >= 0.6 is 11.6 Å². The standard InChI is InChI=1S/C28H34ClN7O3.C9H14FN/c1-15-22-13-35(8-5-9-36(22)33-25(15)27(37)34(2)3)26-19-14-39-23(12-21(19)31-28(32-26)38-4)18-10-17(30)11-20(29)24(18)16-6-7-16;1-9-3-2-4-11(9)7-8(5-9)6-10/h10-11,16,23H,5-9,12-14,30H2,1-4H3;6H,2-5,7H2,1H3/b;8-6-. The molecule has 11 nitrogen and oxygen atoms in total. The van der Waals surface area contributed by atoms with E-state index in [2.05, 4.69) is 21.8 Å². The minimum Gasteiger partial charge on any atom is -0.467 e. The summed E-state index contributed by atoms with van der Waals surface area (Å²) in [6.07, 6.45) is 7.77. The number of carbonyl (C=O) groups excluding carboxylic acids is 1. The number of fused-ring (bicyclic) bond motifs is 3. The van der Waals surface area contributed by atoms with Gasteiger partial charge in [-0.15, -0.1) is 0 Å². The van der Waals surface area contributed by atoms with Crippen LogP contribution in [0, 0.1) is 6.92 Å². The van der Waals surface area contributed by atoms with Gasteiger partial charge < -0.3 is 25.0 Å². The normalized spacial score (nSPS) is 23.9. The Morgan fingerprint density at radius 2 is 1.98 bits per heavy atom. The number of carbonyl (C=O) groups is 1. The minimum atomic E-state index is -0.200. The third-order valence-electron chi connectivity index (χ3n) is 11.0. The molecule has 2 unspecified atom stereocenters. The molecule has 3 aromatic rings. The van der Waals surface area contributed by atoms with Gasteiger partial charge in [0, 0.05) is 67.5 Å². The van der Waals surface area contributed by atoms with Crippen LogP contribution in [-0.2, 0) is 30.9 Å². The van der Waals surface area contributed by atoms with Gasteiger partial charge in [-0.05, 0) is 93.7 Å². The van der Waals surface area contributed by atoms with Crippen molar-refractivity contribution in [2.45, 2.75) is 96.1 Å². The van der Waals surface area contributed by atoms with Crippen molar-refractivity contribution in [3.05, 3.63) is 68.4 Å². The fraction of sp³-hybridized carbons (Fsp3) is 0.568. The number of hydrogen-bond donors (Lipinski definition) is 1. The average molecular weight is 707 g/mol. The lowest BCUT2D eigenvalue weighted by atomic mass is 9.92. The summed E-state index contributed by atoms with van der Waals surface area (Å²) in [4.78, 5) is 28.5. The Morgan fingerprint density at radius 1 is 1.18 bits per heavy atom. The van der Waals surface area contributed by atoms with E-state index in [1.807, 2.05) is 23.7 Å². The molecule has 2 aromatic heterocycles. The Labute approximate surface area is 298 Å². The number of benzene rings is 1. The van der Waals surface area contributed by atoms with Crippen molar-refractivity contribution in [3.8, 4) is 6.01 Å². The quantitative estimate of drug-likeness (QED) is 0.313. The zero-order chi connectivity index (χ0) is 35.3. The highest BCUT2D eigenvalue weighted by atomic mass is 35.5. The van der Waals surface area contributed by atoms with Crippen LogP contribution in [0.5, 0.6) is 6.01 Å². The van der Waals surface area contributed by atoms with Crippen molar-refractivity contribution in [2.24, 2.45) is 0 Å². The highest BCUT2D eigenvalue weighted by molar-refractivity contribution is 6.31. The number of anilines is 2.